The SMILES string of the molecule is CC(C)(C)OC(=O)c1c(F)cncc1CCCCCOSI. The van der Waals surface area contributed by atoms with E-state index in [4.69, 9.17) is 8.92 Å². The molecule has 0 spiro atoms. The van der Waals surface area contributed by atoms with E-state index in [0.717, 1.165) is 25.5 Å². The van der Waals surface area contributed by atoms with E-state index >= 15 is 0 Å². The minimum atomic E-state index is -0.654. The molecule has 0 amide bonds. The summed E-state index contributed by atoms with van der Waals surface area (Å²) in [5, 5.41) is 0. The number of nitrogens with zero attached hydrogens (tertiary/aromatic N) is 1. The van der Waals surface area contributed by atoms with Crippen LogP contribution in [0.3, 0.4) is 0 Å². The van der Waals surface area contributed by atoms with E-state index in [-0.39, 0.29) is 5.56 Å². The van der Waals surface area contributed by atoms with Gasteiger partial charge >= 0.3 is 5.97 Å². The first-order chi connectivity index (χ1) is 10.3. The van der Waals surface area contributed by atoms with Gasteiger partial charge in [-0.15, -0.1) is 0 Å². The van der Waals surface area contributed by atoms with Crippen LogP contribution in [0.2, 0.25) is 0 Å². The van der Waals surface area contributed by atoms with Crippen molar-refractivity contribution in [1.29, 1.82) is 0 Å². The number of rotatable bonds is 8. The van der Waals surface area contributed by atoms with Crippen molar-refractivity contribution < 1.29 is 18.1 Å². The molecule has 0 aliphatic heterocycles. The molecular weight excluding hydrogens is 420 g/mol. The molecule has 1 heterocycles. The number of esters is 1. The van der Waals surface area contributed by atoms with Gasteiger partial charge in [0.1, 0.15) is 11.2 Å². The summed E-state index contributed by atoms with van der Waals surface area (Å²) in [4.78, 5) is 16.0. The summed E-state index contributed by atoms with van der Waals surface area (Å²) < 4.78 is 24.4. The average molecular weight is 441 g/mol. The standard InChI is InChI=1S/C15H21FINO3S/c1-15(2,3)21-14(19)13-11(9-18-10-12(13)16)7-5-4-6-8-20-22-17/h9-10H,4-8H2,1-3H3. The van der Waals surface area contributed by atoms with E-state index < -0.39 is 17.4 Å². The van der Waals surface area contributed by atoms with Crippen LogP contribution in [0.15, 0.2) is 12.4 Å². The highest BCUT2D eigenvalue weighted by atomic mass is 127. The molecule has 0 unspecified atom stereocenters. The first-order valence-corrected chi connectivity index (χ1v) is 10.4. The molecule has 0 aliphatic rings. The fraction of sp³-hybridized carbons (Fsp3) is 0.600. The quantitative estimate of drug-likeness (QED) is 0.249. The van der Waals surface area contributed by atoms with Gasteiger partial charge in [-0.05, 0) is 45.6 Å². The van der Waals surface area contributed by atoms with Crippen molar-refractivity contribution in [2.75, 3.05) is 6.61 Å². The lowest BCUT2D eigenvalue weighted by Crippen LogP contribution is -2.25. The molecular formula is C15H21FINO3S. The Morgan fingerprint density at radius 2 is 2.05 bits per heavy atom. The third-order valence-electron chi connectivity index (χ3n) is 2.80. The van der Waals surface area contributed by atoms with Gasteiger partial charge in [0, 0.05) is 27.4 Å². The van der Waals surface area contributed by atoms with Crippen molar-refractivity contribution in [2.45, 2.75) is 52.1 Å². The van der Waals surface area contributed by atoms with Crippen LogP contribution < -0.4 is 0 Å². The maximum atomic E-state index is 14.0. The van der Waals surface area contributed by atoms with Crippen LogP contribution in [0, 0.1) is 5.82 Å². The first-order valence-electron chi connectivity index (χ1n) is 7.11. The van der Waals surface area contributed by atoms with E-state index in [2.05, 4.69) is 26.2 Å². The van der Waals surface area contributed by atoms with Gasteiger partial charge in [-0.1, -0.05) is 6.42 Å². The average Bonchev–Trinajstić information content (AvgIpc) is 2.40. The Balaban J connectivity index is 2.67. The summed E-state index contributed by atoms with van der Waals surface area (Å²) in [6.45, 7) is 5.96. The van der Waals surface area contributed by atoms with E-state index in [1.807, 2.05) is 0 Å². The fourth-order valence-corrected chi connectivity index (χ4v) is 2.63. The van der Waals surface area contributed by atoms with Gasteiger partial charge in [0.2, 0.25) is 0 Å². The number of unbranched alkanes of at least 4 members (excludes halogenated alkanes) is 2. The second-order valence-electron chi connectivity index (χ2n) is 5.85. The van der Waals surface area contributed by atoms with Gasteiger partial charge in [-0.3, -0.25) is 4.98 Å². The number of aromatic nitrogens is 1. The van der Waals surface area contributed by atoms with Crippen LogP contribution in [-0.2, 0) is 15.3 Å². The number of carbonyl (C=O) groups excluding carboxylic acids is 1. The molecule has 7 heteroatoms. The molecule has 0 N–H and O–H groups in total. The summed E-state index contributed by atoms with van der Waals surface area (Å²) in [6, 6.07) is 0. The van der Waals surface area contributed by atoms with Crippen molar-refractivity contribution in [3.63, 3.8) is 0 Å². The van der Waals surface area contributed by atoms with Crippen LogP contribution in [0.25, 0.3) is 0 Å². The minimum absolute atomic E-state index is 0.00370. The maximum absolute atomic E-state index is 14.0. The second kappa shape index (κ2) is 9.67. The molecule has 4 nitrogen and oxygen atoms in total. The van der Waals surface area contributed by atoms with Gasteiger partial charge in [-0.25, -0.2) is 9.18 Å². The molecule has 0 atom stereocenters. The Morgan fingerprint density at radius 3 is 2.68 bits per heavy atom. The zero-order valence-electron chi connectivity index (χ0n) is 13.0. The molecule has 1 aromatic heterocycles. The maximum Gasteiger partial charge on any atom is 0.342 e. The number of pyridine rings is 1. The normalized spacial score (nSPS) is 11.5. The van der Waals surface area contributed by atoms with Crippen LogP contribution >= 0.6 is 30.4 Å². The lowest BCUT2D eigenvalue weighted by Gasteiger charge is -2.20. The Hall–Kier alpha value is -0.410. The van der Waals surface area contributed by atoms with Crippen LogP contribution in [0.5, 0.6) is 0 Å². The second-order valence-corrected chi connectivity index (χ2v) is 7.29. The molecule has 0 radical (unpaired) electrons. The smallest absolute Gasteiger partial charge is 0.342 e. The molecule has 22 heavy (non-hydrogen) atoms. The van der Waals surface area contributed by atoms with Gasteiger partial charge < -0.3 is 8.92 Å². The molecule has 124 valence electrons. The highest BCUT2D eigenvalue weighted by Crippen LogP contribution is 2.20. The summed E-state index contributed by atoms with van der Waals surface area (Å²) in [6.07, 6.45) is 5.91. The lowest BCUT2D eigenvalue weighted by molar-refractivity contribution is 0.00632. The Labute approximate surface area is 147 Å². The topological polar surface area (TPSA) is 48.4 Å². The highest BCUT2D eigenvalue weighted by molar-refractivity contribution is 14.2. The van der Waals surface area contributed by atoms with E-state index in [1.165, 1.54) is 9.21 Å². The first kappa shape index (κ1) is 19.6. The van der Waals surface area contributed by atoms with Crippen molar-refractivity contribution >= 4 is 36.4 Å². The van der Waals surface area contributed by atoms with Crippen molar-refractivity contribution in [2.24, 2.45) is 0 Å². The minimum Gasteiger partial charge on any atom is -0.456 e. The Kier molecular flexibility index (Phi) is 8.63. The summed E-state index contributed by atoms with van der Waals surface area (Å²) in [7, 11) is 1.32. The number of carbonyl (C=O) groups is 1. The van der Waals surface area contributed by atoms with Gasteiger partial charge in [0.25, 0.3) is 0 Å². The fourth-order valence-electron chi connectivity index (χ4n) is 1.91. The van der Waals surface area contributed by atoms with Crippen LogP contribution in [-0.4, -0.2) is 23.2 Å². The lowest BCUT2D eigenvalue weighted by atomic mass is 10.0. The van der Waals surface area contributed by atoms with Gasteiger partial charge in [0.05, 0.1) is 22.0 Å². The summed E-state index contributed by atoms with van der Waals surface area (Å²) >= 11 is 2.08. The van der Waals surface area contributed by atoms with E-state index in [0.29, 0.717) is 18.6 Å². The number of hydrogen-bond acceptors (Lipinski definition) is 5. The molecule has 0 saturated carbocycles. The summed E-state index contributed by atoms with van der Waals surface area (Å²) in [5.74, 6) is -1.26. The predicted molar refractivity (Wildman–Crippen MR) is 94.5 cm³/mol. The van der Waals surface area contributed by atoms with Gasteiger partial charge in [0.15, 0.2) is 5.82 Å². The Morgan fingerprint density at radius 1 is 1.32 bits per heavy atom. The molecule has 0 aliphatic carbocycles. The third kappa shape index (κ3) is 7.23. The van der Waals surface area contributed by atoms with Gasteiger partial charge in [-0.2, -0.15) is 0 Å². The zero-order chi connectivity index (χ0) is 16.6. The van der Waals surface area contributed by atoms with E-state index in [9.17, 15) is 9.18 Å². The van der Waals surface area contributed by atoms with Crippen molar-refractivity contribution in [1.82, 2.24) is 4.98 Å². The van der Waals surface area contributed by atoms with Crippen molar-refractivity contribution in [3.8, 4) is 0 Å². The highest BCUT2D eigenvalue weighted by Gasteiger charge is 2.23. The molecule has 0 saturated heterocycles. The Bertz CT molecular complexity index is 494. The molecule has 0 aromatic carbocycles. The zero-order valence-corrected chi connectivity index (χ0v) is 16.0. The number of ether oxygens (including phenoxy) is 1. The third-order valence-corrected chi connectivity index (χ3v) is 3.82. The number of hydrogen-bond donors (Lipinski definition) is 0. The largest absolute Gasteiger partial charge is 0.456 e. The molecule has 1 aromatic rings. The molecule has 0 bridgehead atoms. The van der Waals surface area contributed by atoms with Crippen LogP contribution in [0.1, 0.15) is 56.0 Å². The number of halogens is 2. The predicted octanol–water partition coefficient (Wildman–Crippen LogP) is 4.90. The van der Waals surface area contributed by atoms with E-state index in [1.54, 1.807) is 27.0 Å². The molecule has 0 fully saturated rings. The van der Waals surface area contributed by atoms with Crippen LogP contribution in [0.4, 0.5) is 4.39 Å². The number of aryl methyl sites for hydroxylation is 1. The molecule has 1 rings (SSSR count). The summed E-state index contributed by atoms with van der Waals surface area (Å²) in [5.41, 5.74) is -0.0548. The van der Waals surface area contributed by atoms with Crippen molar-refractivity contribution in [3.05, 3.63) is 29.3 Å². The monoisotopic (exact) mass is 441 g/mol.